The number of carbonyl (C=O) groups excluding carboxylic acids is 1. The molecule has 3 atom stereocenters. The van der Waals surface area contributed by atoms with Gasteiger partial charge < -0.3 is 16.2 Å². The lowest BCUT2D eigenvalue weighted by Crippen LogP contribution is -2.42. The molecule has 0 aliphatic rings. The van der Waals surface area contributed by atoms with Crippen molar-refractivity contribution in [2.75, 3.05) is 19.4 Å². The summed E-state index contributed by atoms with van der Waals surface area (Å²) in [6.07, 6.45) is 2.37. The third-order valence-corrected chi connectivity index (χ3v) is 3.53. The minimum atomic E-state index is -0.0116. The van der Waals surface area contributed by atoms with Crippen molar-refractivity contribution in [3.05, 3.63) is 0 Å². The number of nitrogens with two attached hydrogens (primary N) is 1. The number of aliphatic hydroxyl groups excluding tert-OH is 1. The Morgan fingerprint density at radius 3 is 2.53 bits per heavy atom. The Balaban J connectivity index is 3.94. The summed E-state index contributed by atoms with van der Waals surface area (Å²) in [5.41, 5.74) is 5.44. The lowest BCUT2D eigenvalue weighted by atomic mass is 10.1. The maximum absolute atomic E-state index is 11.5. The zero-order chi connectivity index (χ0) is 11.8. The first kappa shape index (κ1) is 14.7. The van der Waals surface area contributed by atoms with Gasteiger partial charge in [0.1, 0.15) is 0 Å². The molecule has 0 saturated heterocycles. The van der Waals surface area contributed by atoms with Crippen molar-refractivity contribution >= 4 is 17.7 Å². The number of hydrogen-bond acceptors (Lipinski definition) is 4. The number of rotatable bonds is 7. The van der Waals surface area contributed by atoms with Gasteiger partial charge in [-0.25, -0.2) is 0 Å². The fourth-order valence-electron chi connectivity index (χ4n) is 1.24. The molecule has 0 fully saturated rings. The molecule has 3 unspecified atom stereocenters. The van der Waals surface area contributed by atoms with Gasteiger partial charge in [0.05, 0.1) is 6.61 Å². The predicted molar refractivity (Wildman–Crippen MR) is 64.8 cm³/mol. The Morgan fingerprint density at radius 2 is 2.13 bits per heavy atom. The molecule has 0 aromatic carbocycles. The van der Waals surface area contributed by atoms with Crippen LogP contribution in [0.5, 0.6) is 0 Å². The second-order valence-electron chi connectivity index (χ2n) is 3.86. The summed E-state index contributed by atoms with van der Waals surface area (Å²) in [6.45, 7) is 4.45. The van der Waals surface area contributed by atoms with Crippen molar-refractivity contribution in [2.24, 2.45) is 11.7 Å². The van der Waals surface area contributed by atoms with Crippen molar-refractivity contribution in [3.63, 3.8) is 0 Å². The van der Waals surface area contributed by atoms with Crippen LogP contribution in [0.1, 0.15) is 20.3 Å². The van der Waals surface area contributed by atoms with E-state index in [-0.39, 0.29) is 29.7 Å². The fraction of sp³-hybridized carbons (Fsp3) is 0.900. The minimum absolute atomic E-state index is 0.00736. The zero-order valence-corrected chi connectivity index (χ0v) is 10.5. The Bertz CT molecular complexity index is 186. The van der Waals surface area contributed by atoms with Crippen molar-refractivity contribution in [1.82, 2.24) is 5.32 Å². The monoisotopic (exact) mass is 234 g/mol. The molecule has 0 spiro atoms. The van der Waals surface area contributed by atoms with E-state index in [2.05, 4.69) is 5.32 Å². The molecule has 0 aromatic heterocycles. The Hall–Kier alpha value is -0.260. The molecule has 15 heavy (non-hydrogen) atoms. The van der Waals surface area contributed by atoms with Gasteiger partial charge in [-0.05, 0) is 25.6 Å². The third-order valence-electron chi connectivity index (χ3n) is 2.37. The van der Waals surface area contributed by atoms with E-state index >= 15 is 0 Å². The molecule has 0 rings (SSSR count). The summed E-state index contributed by atoms with van der Waals surface area (Å²) in [4.78, 5) is 11.5. The van der Waals surface area contributed by atoms with E-state index in [0.29, 0.717) is 13.0 Å². The van der Waals surface area contributed by atoms with Gasteiger partial charge in [-0.1, -0.05) is 6.92 Å². The molecule has 4 N–H and O–H groups in total. The second-order valence-corrected chi connectivity index (χ2v) is 4.93. The van der Waals surface area contributed by atoms with Gasteiger partial charge in [0.15, 0.2) is 0 Å². The summed E-state index contributed by atoms with van der Waals surface area (Å²) < 4.78 is 0. The Morgan fingerprint density at radius 1 is 1.53 bits per heavy atom. The molecule has 0 aliphatic heterocycles. The Kier molecular flexibility index (Phi) is 7.82. The van der Waals surface area contributed by atoms with Gasteiger partial charge in [0.25, 0.3) is 0 Å². The van der Waals surface area contributed by atoms with E-state index in [1.807, 2.05) is 20.1 Å². The maximum atomic E-state index is 11.5. The number of nitrogens with one attached hydrogen (secondary N) is 1. The molecule has 0 heterocycles. The predicted octanol–water partition coefficient (Wildman–Crippen LogP) is 0.200. The first-order valence-electron chi connectivity index (χ1n) is 5.18. The summed E-state index contributed by atoms with van der Waals surface area (Å²) in [5, 5.41) is 12.0. The molecule has 0 aromatic rings. The lowest BCUT2D eigenvalue weighted by molar-refractivity contribution is -0.122. The molecule has 0 aliphatic carbocycles. The van der Waals surface area contributed by atoms with Crippen LogP contribution < -0.4 is 11.1 Å². The van der Waals surface area contributed by atoms with Crippen molar-refractivity contribution < 1.29 is 9.90 Å². The number of carbonyl (C=O) groups is 1. The highest BCUT2D eigenvalue weighted by molar-refractivity contribution is 7.99. The molecule has 5 heteroatoms. The summed E-state index contributed by atoms with van der Waals surface area (Å²) >= 11 is 1.56. The SMILES string of the molecule is CSC(CO)C(C)NC(=O)CC(C)CN. The van der Waals surface area contributed by atoms with Crippen LogP contribution >= 0.6 is 11.8 Å². The minimum Gasteiger partial charge on any atom is -0.395 e. The van der Waals surface area contributed by atoms with Gasteiger partial charge in [-0.3, -0.25) is 4.79 Å². The van der Waals surface area contributed by atoms with Crippen LogP contribution in [0, 0.1) is 5.92 Å². The third kappa shape index (κ3) is 6.02. The molecular weight excluding hydrogens is 212 g/mol. The van der Waals surface area contributed by atoms with E-state index in [4.69, 9.17) is 10.8 Å². The average Bonchev–Trinajstić information content (AvgIpc) is 2.19. The number of aliphatic hydroxyl groups is 1. The van der Waals surface area contributed by atoms with Crippen LogP contribution in [0.4, 0.5) is 0 Å². The maximum Gasteiger partial charge on any atom is 0.220 e. The smallest absolute Gasteiger partial charge is 0.220 e. The molecule has 90 valence electrons. The molecule has 1 amide bonds. The summed E-state index contributed by atoms with van der Waals surface area (Å²) in [5.74, 6) is 0.215. The van der Waals surface area contributed by atoms with E-state index in [9.17, 15) is 4.79 Å². The molecule has 4 nitrogen and oxygen atoms in total. The highest BCUT2D eigenvalue weighted by atomic mass is 32.2. The van der Waals surface area contributed by atoms with Crippen LogP contribution in [-0.4, -0.2) is 41.7 Å². The van der Waals surface area contributed by atoms with Crippen molar-refractivity contribution in [2.45, 2.75) is 31.6 Å². The first-order valence-corrected chi connectivity index (χ1v) is 6.47. The highest BCUT2D eigenvalue weighted by Gasteiger charge is 2.17. The van der Waals surface area contributed by atoms with E-state index in [1.165, 1.54) is 0 Å². The zero-order valence-electron chi connectivity index (χ0n) is 9.69. The van der Waals surface area contributed by atoms with Crippen LogP contribution in [-0.2, 0) is 4.79 Å². The normalized spacial score (nSPS) is 16.9. The van der Waals surface area contributed by atoms with Crippen LogP contribution in [0.15, 0.2) is 0 Å². The quantitative estimate of drug-likeness (QED) is 0.588. The number of thioether (sulfide) groups is 1. The Labute approximate surface area is 96.0 Å². The van der Waals surface area contributed by atoms with E-state index in [0.717, 1.165) is 0 Å². The number of amides is 1. The van der Waals surface area contributed by atoms with Crippen molar-refractivity contribution in [3.8, 4) is 0 Å². The topological polar surface area (TPSA) is 75.3 Å². The summed E-state index contributed by atoms with van der Waals surface area (Å²) in [7, 11) is 0. The van der Waals surface area contributed by atoms with Crippen LogP contribution in [0.2, 0.25) is 0 Å². The summed E-state index contributed by atoms with van der Waals surface area (Å²) in [6, 6.07) is -0.0116. The highest BCUT2D eigenvalue weighted by Crippen LogP contribution is 2.10. The van der Waals surface area contributed by atoms with Gasteiger partial charge in [0, 0.05) is 17.7 Å². The van der Waals surface area contributed by atoms with E-state index < -0.39 is 0 Å². The van der Waals surface area contributed by atoms with Crippen molar-refractivity contribution in [1.29, 1.82) is 0 Å². The molecule has 0 saturated carbocycles. The standard InChI is InChI=1S/C10H22N2O2S/c1-7(5-11)4-10(14)12-8(2)9(6-13)15-3/h7-9,13H,4-6,11H2,1-3H3,(H,12,14). The molecule has 0 radical (unpaired) electrons. The second kappa shape index (κ2) is 7.96. The number of hydrogen-bond donors (Lipinski definition) is 3. The molecular formula is C10H22N2O2S. The van der Waals surface area contributed by atoms with Crippen LogP contribution in [0.25, 0.3) is 0 Å². The first-order chi connectivity index (χ1) is 7.04. The van der Waals surface area contributed by atoms with Gasteiger partial charge in [0.2, 0.25) is 5.91 Å². The van der Waals surface area contributed by atoms with Gasteiger partial charge in [-0.15, -0.1) is 0 Å². The largest absolute Gasteiger partial charge is 0.395 e. The van der Waals surface area contributed by atoms with Gasteiger partial charge >= 0.3 is 0 Å². The fourth-order valence-corrected chi connectivity index (χ4v) is 1.87. The van der Waals surface area contributed by atoms with Crippen LogP contribution in [0.3, 0.4) is 0 Å². The average molecular weight is 234 g/mol. The van der Waals surface area contributed by atoms with Gasteiger partial charge in [-0.2, -0.15) is 11.8 Å². The molecule has 0 bridgehead atoms. The lowest BCUT2D eigenvalue weighted by Gasteiger charge is -2.21. The van der Waals surface area contributed by atoms with E-state index in [1.54, 1.807) is 11.8 Å².